The molecule has 2 amide bonds. The molecule has 0 aromatic heterocycles. The molecule has 4 nitrogen and oxygen atoms in total. The lowest BCUT2D eigenvalue weighted by molar-refractivity contribution is 0.102. The minimum atomic E-state index is -0.310. The van der Waals surface area contributed by atoms with E-state index in [-0.39, 0.29) is 11.8 Å². The normalized spacial score (nSPS) is 10.3. The van der Waals surface area contributed by atoms with E-state index in [2.05, 4.69) is 10.6 Å². The SMILES string of the molecule is O=C(Nc1ccccc1)Nc1ccc(SCC(=O)c2ccccc2Cl)cc1. The van der Waals surface area contributed by atoms with Crippen LogP contribution in [0.2, 0.25) is 5.02 Å². The third-order valence-corrected chi connectivity index (χ3v) is 5.03. The molecule has 27 heavy (non-hydrogen) atoms. The van der Waals surface area contributed by atoms with Crippen molar-refractivity contribution in [3.8, 4) is 0 Å². The Morgan fingerprint density at radius 1 is 0.778 bits per heavy atom. The first-order chi connectivity index (χ1) is 13.1. The van der Waals surface area contributed by atoms with Crippen molar-refractivity contribution in [3.63, 3.8) is 0 Å². The molecule has 136 valence electrons. The van der Waals surface area contributed by atoms with Crippen molar-refractivity contribution >= 4 is 46.6 Å². The Morgan fingerprint density at radius 2 is 1.37 bits per heavy atom. The van der Waals surface area contributed by atoms with Gasteiger partial charge in [0.1, 0.15) is 0 Å². The van der Waals surface area contributed by atoms with Crippen LogP contribution in [0.25, 0.3) is 0 Å². The third kappa shape index (κ3) is 5.61. The van der Waals surface area contributed by atoms with Crippen molar-refractivity contribution in [2.75, 3.05) is 16.4 Å². The van der Waals surface area contributed by atoms with Crippen LogP contribution in [0.15, 0.2) is 83.8 Å². The first-order valence-corrected chi connectivity index (χ1v) is 9.62. The van der Waals surface area contributed by atoms with Gasteiger partial charge in [0.2, 0.25) is 0 Å². The summed E-state index contributed by atoms with van der Waals surface area (Å²) in [7, 11) is 0. The highest BCUT2D eigenvalue weighted by Crippen LogP contribution is 2.23. The molecule has 6 heteroatoms. The zero-order chi connectivity index (χ0) is 19.1. The van der Waals surface area contributed by atoms with E-state index in [0.29, 0.717) is 22.0 Å². The Balaban J connectivity index is 1.52. The molecule has 0 radical (unpaired) electrons. The van der Waals surface area contributed by atoms with Crippen LogP contribution in [-0.2, 0) is 0 Å². The van der Waals surface area contributed by atoms with E-state index in [0.717, 1.165) is 10.6 Å². The first kappa shape index (κ1) is 19.0. The number of amides is 2. The molecular weight excluding hydrogens is 380 g/mol. The summed E-state index contributed by atoms with van der Waals surface area (Å²) in [6, 6.07) is 23.3. The molecule has 3 rings (SSSR count). The summed E-state index contributed by atoms with van der Waals surface area (Å²) >= 11 is 7.48. The molecule has 0 bridgehead atoms. The average molecular weight is 397 g/mol. The van der Waals surface area contributed by atoms with Gasteiger partial charge in [0.25, 0.3) is 0 Å². The van der Waals surface area contributed by atoms with Gasteiger partial charge >= 0.3 is 6.03 Å². The largest absolute Gasteiger partial charge is 0.323 e. The molecule has 3 aromatic carbocycles. The second-order valence-electron chi connectivity index (χ2n) is 5.66. The van der Waals surface area contributed by atoms with Gasteiger partial charge < -0.3 is 10.6 Å². The van der Waals surface area contributed by atoms with Crippen LogP contribution in [0.3, 0.4) is 0 Å². The maximum Gasteiger partial charge on any atom is 0.323 e. The molecule has 2 N–H and O–H groups in total. The van der Waals surface area contributed by atoms with Gasteiger partial charge in [-0.3, -0.25) is 4.79 Å². The molecule has 0 unspecified atom stereocenters. The fourth-order valence-corrected chi connectivity index (χ4v) is 3.39. The summed E-state index contributed by atoms with van der Waals surface area (Å²) in [5.41, 5.74) is 1.92. The van der Waals surface area contributed by atoms with Gasteiger partial charge in [-0.2, -0.15) is 0 Å². The zero-order valence-corrected chi connectivity index (χ0v) is 15.9. The maximum absolute atomic E-state index is 12.3. The minimum Gasteiger partial charge on any atom is -0.308 e. The number of halogens is 1. The second-order valence-corrected chi connectivity index (χ2v) is 7.12. The topological polar surface area (TPSA) is 58.2 Å². The number of nitrogens with one attached hydrogen (secondary N) is 2. The lowest BCUT2D eigenvalue weighted by atomic mass is 10.1. The summed E-state index contributed by atoms with van der Waals surface area (Å²) < 4.78 is 0. The standard InChI is InChI=1S/C21H17ClN2O2S/c22-19-9-5-4-8-18(19)20(25)14-27-17-12-10-16(11-13-17)24-21(26)23-15-6-2-1-3-7-15/h1-13H,14H2,(H2,23,24,26). The predicted octanol–water partition coefficient (Wildman–Crippen LogP) is 5.96. The fourth-order valence-electron chi connectivity index (χ4n) is 2.36. The van der Waals surface area contributed by atoms with E-state index in [1.54, 1.807) is 36.4 Å². The van der Waals surface area contributed by atoms with Gasteiger partial charge in [-0.05, 0) is 48.5 Å². The molecule has 0 fully saturated rings. The third-order valence-electron chi connectivity index (χ3n) is 3.69. The van der Waals surface area contributed by atoms with Crippen LogP contribution in [-0.4, -0.2) is 17.6 Å². The van der Waals surface area contributed by atoms with Gasteiger partial charge in [0, 0.05) is 21.8 Å². The number of anilines is 2. The number of hydrogen-bond acceptors (Lipinski definition) is 3. The maximum atomic E-state index is 12.3. The average Bonchev–Trinajstić information content (AvgIpc) is 2.68. The molecule has 0 saturated heterocycles. The fraction of sp³-hybridized carbons (Fsp3) is 0.0476. The lowest BCUT2D eigenvalue weighted by Crippen LogP contribution is -2.19. The van der Waals surface area contributed by atoms with Gasteiger partial charge in [0.05, 0.1) is 10.8 Å². The zero-order valence-electron chi connectivity index (χ0n) is 14.3. The number of Topliss-reactive ketones (excluding diaryl/α,β-unsaturated/α-hetero) is 1. The van der Waals surface area contributed by atoms with Crippen LogP contribution < -0.4 is 10.6 Å². The highest BCUT2D eigenvalue weighted by molar-refractivity contribution is 8.00. The molecule has 0 spiro atoms. The number of carbonyl (C=O) groups excluding carboxylic acids is 2. The Labute approximate surface area is 166 Å². The number of benzene rings is 3. The van der Waals surface area contributed by atoms with E-state index in [4.69, 9.17) is 11.6 Å². The molecular formula is C21H17ClN2O2S. The predicted molar refractivity (Wildman–Crippen MR) is 112 cm³/mol. The lowest BCUT2D eigenvalue weighted by Gasteiger charge is -2.08. The van der Waals surface area contributed by atoms with Crippen LogP contribution >= 0.6 is 23.4 Å². The smallest absolute Gasteiger partial charge is 0.308 e. The van der Waals surface area contributed by atoms with Gasteiger partial charge in [-0.1, -0.05) is 41.9 Å². The number of ketones is 1. The molecule has 0 saturated carbocycles. The van der Waals surface area contributed by atoms with Crippen molar-refractivity contribution in [1.29, 1.82) is 0 Å². The van der Waals surface area contributed by atoms with Crippen molar-refractivity contribution in [3.05, 3.63) is 89.4 Å². The Hall–Kier alpha value is -2.76. The van der Waals surface area contributed by atoms with Crippen molar-refractivity contribution < 1.29 is 9.59 Å². The van der Waals surface area contributed by atoms with E-state index < -0.39 is 0 Å². The van der Waals surface area contributed by atoms with Gasteiger partial charge in [0.15, 0.2) is 5.78 Å². The summed E-state index contributed by atoms with van der Waals surface area (Å²) in [6.45, 7) is 0. The Bertz CT molecular complexity index is 930. The molecule has 0 aliphatic heterocycles. The van der Waals surface area contributed by atoms with Crippen molar-refractivity contribution in [2.24, 2.45) is 0 Å². The van der Waals surface area contributed by atoms with Gasteiger partial charge in [-0.15, -0.1) is 11.8 Å². The Kier molecular flexibility index (Phi) is 6.52. The van der Waals surface area contributed by atoms with Gasteiger partial charge in [-0.25, -0.2) is 4.79 Å². The number of thioether (sulfide) groups is 1. The minimum absolute atomic E-state index is 0.0185. The van der Waals surface area contributed by atoms with Crippen LogP contribution in [0, 0.1) is 0 Å². The van der Waals surface area contributed by atoms with E-state index >= 15 is 0 Å². The van der Waals surface area contributed by atoms with Crippen LogP contribution in [0.5, 0.6) is 0 Å². The van der Waals surface area contributed by atoms with Crippen molar-refractivity contribution in [1.82, 2.24) is 0 Å². The van der Waals surface area contributed by atoms with Crippen molar-refractivity contribution in [2.45, 2.75) is 4.90 Å². The highest BCUT2D eigenvalue weighted by atomic mass is 35.5. The van der Waals surface area contributed by atoms with Crippen LogP contribution in [0.4, 0.5) is 16.2 Å². The monoisotopic (exact) mass is 396 g/mol. The molecule has 0 aliphatic rings. The first-order valence-electron chi connectivity index (χ1n) is 8.25. The van der Waals surface area contributed by atoms with E-state index in [1.807, 2.05) is 42.5 Å². The Morgan fingerprint density at radius 3 is 2.04 bits per heavy atom. The molecule has 0 heterocycles. The molecule has 3 aromatic rings. The number of urea groups is 1. The quantitative estimate of drug-likeness (QED) is 0.399. The molecule has 0 atom stereocenters. The van der Waals surface area contributed by atoms with Crippen LogP contribution in [0.1, 0.15) is 10.4 Å². The second kappa shape index (κ2) is 9.26. The number of rotatable bonds is 6. The summed E-state index contributed by atoms with van der Waals surface area (Å²) in [5, 5.41) is 5.99. The number of hydrogen-bond donors (Lipinski definition) is 2. The summed E-state index contributed by atoms with van der Waals surface area (Å²) in [4.78, 5) is 25.2. The number of para-hydroxylation sites is 1. The summed E-state index contributed by atoms with van der Waals surface area (Å²) in [6.07, 6.45) is 0. The summed E-state index contributed by atoms with van der Waals surface area (Å²) in [5.74, 6) is 0.278. The molecule has 0 aliphatic carbocycles. The van der Waals surface area contributed by atoms with E-state index in [1.165, 1.54) is 11.8 Å². The number of carbonyl (C=O) groups is 2. The van der Waals surface area contributed by atoms with E-state index in [9.17, 15) is 9.59 Å². The highest BCUT2D eigenvalue weighted by Gasteiger charge is 2.10.